The van der Waals surface area contributed by atoms with E-state index in [9.17, 15) is 4.39 Å². The summed E-state index contributed by atoms with van der Waals surface area (Å²) in [6.45, 7) is 2.69. The zero-order valence-corrected chi connectivity index (χ0v) is 13.4. The molecule has 0 aromatic heterocycles. The molecule has 0 heterocycles. The Labute approximate surface area is 133 Å². The molecule has 2 rings (SSSR count). The molecule has 4 heteroatoms. The van der Waals surface area contributed by atoms with Gasteiger partial charge in [0.1, 0.15) is 5.82 Å². The number of rotatable bonds is 8. The largest absolute Gasteiger partial charge is 0.377 e. The summed E-state index contributed by atoms with van der Waals surface area (Å²) >= 11 is 3.24. The van der Waals surface area contributed by atoms with Crippen molar-refractivity contribution in [3.05, 3.63) is 69.9 Å². The van der Waals surface area contributed by atoms with Crippen molar-refractivity contribution < 1.29 is 9.13 Å². The van der Waals surface area contributed by atoms with Crippen molar-refractivity contribution in [1.82, 2.24) is 5.32 Å². The van der Waals surface area contributed by atoms with Gasteiger partial charge in [-0.05, 0) is 30.7 Å². The predicted octanol–water partition coefficient (Wildman–Crippen LogP) is 4.28. The van der Waals surface area contributed by atoms with E-state index in [1.165, 1.54) is 11.6 Å². The van der Waals surface area contributed by atoms with E-state index in [0.29, 0.717) is 18.8 Å². The van der Waals surface area contributed by atoms with E-state index in [4.69, 9.17) is 4.74 Å². The van der Waals surface area contributed by atoms with Gasteiger partial charge in [-0.3, -0.25) is 0 Å². The second-order valence-electron chi connectivity index (χ2n) is 4.80. The monoisotopic (exact) mass is 351 g/mol. The SMILES string of the molecule is Fc1cc(Br)ccc1COCCCNCc1ccccc1. The van der Waals surface area contributed by atoms with Crippen LogP contribution in [0.2, 0.25) is 0 Å². The smallest absolute Gasteiger partial charge is 0.129 e. The third kappa shape index (κ3) is 5.96. The Balaban J connectivity index is 1.56. The fourth-order valence-electron chi connectivity index (χ4n) is 1.95. The molecule has 0 saturated heterocycles. The van der Waals surface area contributed by atoms with Crippen molar-refractivity contribution in [2.24, 2.45) is 0 Å². The van der Waals surface area contributed by atoms with Crippen LogP contribution in [0.4, 0.5) is 4.39 Å². The lowest BCUT2D eigenvalue weighted by atomic mass is 10.2. The van der Waals surface area contributed by atoms with Crippen molar-refractivity contribution in [3.63, 3.8) is 0 Å². The van der Waals surface area contributed by atoms with Gasteiger partial charge < -0.3 is 10.1 Å². The van der Waals surface area contributed by atoms with Crippen LogP contribution < -0.4 is 5.32 Å². The molecule has 0 atom stereocenters. The molecule has 112 valence electrons. The van der Waals surface area contributed by atoms with E-state index in [1.54, 1.807) is 6.07 Å². The quantitative estimate of drug-likeness (QED) is 0.716. The predicted molar refractivity (Wildman–Crippen MR) is 86.5 cm³/mol. The average Bonchev–Trinajstić information content (AvgIpc) is 2.49. The molecule has 0 aliphatic carbocycles. The Bertz CT molecular complexity index is 548. The zero-order chi connectivity index (χ0) is 14.9. The Kier molecular flexibility index (Phi) is 6.86. The number of halogens is 2. The minimum atomic E-state index is -0.230. The molecule has 0 radical (unpaired) electrons. The number of nitrogens with one attached hydrogen (secondary N) is 1. The van der Waals surface area contributed by atoms with Crippen LogP contribution in [-0.2, 0) is 17.9 Å². The molecule has 0 aliphatic heterocycles. The summed E-state index contributed by atoms with van der Waals surface area (Å²) in [6.07, 6.45) is 0.908. The number of hydrogen-bond acceptors (Lipinski definition) is 2. The van der Waals surface area contributed by atoms with Crippen LogP contribution in [0.5, 0.6) is 0 Å². The van der Waals surface area contributed by atoms with Gasteiger partial charge in [0.15, 0.2) is 0 Å². The summed E-state index contributed by atoms with van der Waals surface area (Å²) < 4.78 is 19.8. The summed E-state index contributed by atoms with van der Waals surface area (Å²) in [5, 5.41) is 3.36. The first-order valence-corrected chi connectivity index (χ1v) is 7.81. The summed E-state index contributed by atoms with van der Waals surface area (Å²) in [4.78, 5) is 0. The highest BCUT2D eigenvalue weighted by Crippen LogP contribution is 2.15. The highest BCUT2D eigenvalue weighted by Gasteiger charge is 2.02. The minimum absolute atomic E-state index is 0.230. The maximum Gasteiger partial charge on any atom is 0.129 e. The van der Waals surface area contributed by atoms with E-state index < -0.39 is 0 Å². The van der Waals surface area contributed by atoms with Crippen LogP contribution in [0.3, 0.4) is 0 Å². The van der Waals surface area contributed by atoms with Gasteiger partial charge in [-0.25, -0.2) is 4.39 Å². The first-order valence-electron chi connectivity index (χ1n) is 7.02. The fraction of sp³-hybridized carbons (Fsp3) is 0.294. The molecule has 0 spiro atoms. The fourth-order valence-corrected chi connectivity index (χ4v) is 2.28. The Hall–Kier alpha value is -1.23. The Morgan fingerprint density at radius 3 is 2.67 bits per heavy atom. The number of benzene rings is 2. The van der Waals surface area contributed by atoms with Crippen LogP contribution in [0.15, 0.2) is 53.0 Å². The topological polar surface area (TPSA) is 21.3 Å². The van der Waals surface area contributed by atoms with Gasteiger partial charge in [-0.2, -0.15) is 0 Å². The first-order chi connectivity index (χ1) is 10.3. The Morgan fingerprint density at radius 2 is 1.90 bits per heavy atom. The van der Waals surface area contributed by atoms with Crippen molar-refractivity contribution in [3.8, 4) is 0 Å². The van der Waals surface area contributed by atoms with E-state index in [-0.39, 0.29) is 5.82 Å². The minimum Gasteiger partial charge on any atom is -0.377 e. The Morgan fingerprint density at radius 1 is 1.10 bits per heavy atom. The average molecular weight is 352 g/mol. The summed E-state index contributed by atoms with van der Waals surface area (Å²) in [7, 11) is 0. The molecule has 0 unspecified atom stereocenters. The van der Waals surface area contributed by atoms with Gasteiger partial charge in [-0.1, -0.05) is 52.3 Å². The highest BCUT2D eigenvalue weighted by atomic mass is 79.9. The van der Waals surface area contributed by atoms with E-state index in [2.05, 4.69) is 33.4 Å². The third-order valence-electron chi connectivity index (χ3n) is 3.09. The molecule has 0 aliphatic rings. The first kappa shape index (κ1) is 16.1. The molecule has 2 nitrogen and oxygen atoms in total. The molecule has 1 N–H and O–H groups in total. The summed E-state index contributed by atoms with van der Waals surface area (Å²) in [6, 6.07) is 15.3. The van der Waals surface area contributed by atoms with Crippen LogP contribution >= 0.6 is 15.9 Å². The molecule has 0 bridgehead atoms. The lowest BCUT2D eigenvalue weighted by molar-refractivity contribution is 0.116. The van der Waals surface area contributed by atoms with E-state index in [1.807, 2.05) is 24.3 Å². The zero-order valence-electron chi connectivity index (χ0n) is 11.8. The van der Waals surface area contributed by atoms with Gasteiger partial charge in [0, 0.05) is 23.2 Å². The van der Waals surface area contributed by atoms with Crippen molar-refractivity contribution in [2.75, 3.05) is 13.2 Å². The van der Waals surface area contributed by atoms with Crippen molar-refractivity contribution >= 4 is 15.9 Å². The summed E-state index contributed by atoms with van der Waals surface area (Å²) in [5.74, 6) is -0.230. The van der Waals surface area contributed by atoms with Crippen LogP contribution in [0, 0.1) is 5.82 Å². The van der Waals surface area contributed by atoms with Crippen LogP contribution in [-0.4, -0.2) is 13.2 Å². The maximum atomic E-state index is 13.5. The summed E-state index contributed by atoms with van der Waals surface area (Å²) in [5.41, 5.74) is 1.87. The van der Waals surface area contributed by atoms with Gasteiger partial charge in [0.05, 0.1) is 6.61 Å². The number of ether oxygens (including phenoxy) is 1. The van der Waals surface area contributed by atoms with Gasteiger partial charge in [0.25, 0.3) is 0 Å². The van der Waals surface area contributed by atoms with Gasteiger partial charge >= 0.3 is 0 Å². The van der Waals surface area contributed by atoms with Crippen LogP contribution in [0.25, 0.3) is 0 Å². The van der Waals surface area contributed by atoms with E-state index >= 15 is 0 Å². The van der Waals surface area contributed by atoms with E-state index in [0.717, 1.165) is 24.0 Å². The lowest BCUT2D eigenvalue weighted by Gasteiger charge is -2.07. The molecule has 2 aromatic rings. The molecule has 2 aromatic carbocycles. The molecule has 21 heavy (non-hydrogen) atoms. The lowest BCUT2D eigenvalue weighted by Crippen LogP contribution is -2.16. The molecular formula is C17H19BrFNO. The van der Waals surface area contributed by atoms with Gasteiger partial charge in [0.2, 0.25) is 0 Å². The van der Waals surface area contributed by atoms with Crippen molar-refractivity contribution in [1.29, 1.82) is 0 Å². The molecule has 0 fully saturated rings. The normalized spacial score (nSPS) is 10.8. The molecule has 0 saturated carbocycles. The van der Waals surface area contributed by atoms with Gasteiger partial charge in [-0.15, -0.1) is 0 Å². The standard InChI is InChI=1S/C17H19BrFNO/c18-16-8-7-15(17(19)11-16)13-21-10-4-9-20-12-14-5-2-1-3-6-14/h1-3,5-8,11,20H,4,9-10,12-13H2. The molecular weight excluding hydrogens is 333 g/mol. The second-order valence-corrected chi connectivity index (χ2v) is 5.72. The maximum absolute atomic E-state index is 13.5. The highest BCUT2D eigenvalue weighted by molar-refractivity contribution is 9.10. The van der Waals surface area contributed by atoms with Crippen molar-refractivity contribution in [2.45, 2.75) is 19.6 Å². The number of hydrogen-bond donors (Lipinski definition) is 1. The molecule has 0 amide bonds. The third-order valence-corrected chi connectivity index (χ3v) is 3.58. The van der Waals surface area contributed by atoms with Crippen LogP contribution in [0.1, 0.15) is 17.5 Å². The second kappa shape index (κ2) is 8.93.